The minimum Gasteiger partial charge on any atom is -0.324 e. The Hall–Kier alpha value is -6.14. The maximum absolute atomic E-state index is 11.0. The van der Waals surface area contributed by atoms with Gasteiger partial charge in [-0.1, -0.05) is 251 Å². The molecule has 0 saturated carbocycles. The normalized spacial score (nSPS) is 10.8. The lowest BCUT2D eigenvalue weighted by atomic mass is 10.1. The van der Waals surface area contributed by atoms with E-state index in [4.69, 9.17) is 28.7 Å². The number of nitrogens with one attached hydrogen (secondary N) is 8. The highest BCUT2D eigenvalue weighted by Gasteiger charge is 2.21. The lowest BCUT2D eigenvalue weighted by molar-refractivity contribution is -0.132. The highest BCUT2D eigenvalue weighted by Crippen LogP contribution is 2.40. The van der Waals surface area contributed by atoms with Crippen molar-refractivity contribution >= 4 is 156 Å². The molecule has 14 N–H and O–H groups in total. The highest BCUT2D eigenvalue weighted by molar-refractivity contribution is 7.92. The van der Waals surface area contributed by atoms with Gasteiger partial charge in [0.15, 0.2) is 31.3 Å². The van der Waals surface area contributed by atoms with Gasteiger partial charge in [0.2, 0.25) is 67.3 Å². The minimum absolute atomic E-state index is 0. The molecule has 2 atom stereocenters. The summed E-state index contributed by atoms with van der Waals surface area (Å²) in [7, 11) is -30.4. The van der Waals surface area contributed by atoms with E-state index in [0.717, 1.165) is 30.6 Å². The van der Waals surface area contributed by atoms with Crippen LogP contribution in [0.1, 0.15) is 333 Å². The van der Waals surface area contributed by atoms with Gasteiger partial charge in [-0.2, -0.15) is 27.3 Å². The number of sulfonamides is 2. The van der Waals surface area contributed by atoms with E-state index < -0.39 is 125 Å². The van der Waals surface area contributed by atoms with Gasteiger partial charge < -0.3 is 19.6 Å². The zero-order chi connectivity index (χ0) is 104. The molecule has 56 heteroatoms. The van der Waals surface area contributed by atoms with E-state index in [0.29, 0.717) is 36.5 Å². The topological polar surface area (TPSA) is 746 Å². The van der Waals surface area contributed by atoms with Crippen LogP contribution in [0.25, 0.3) is 0 Å². The summed E-state index contributed by atoms with van der Waals surface area (Å²) in [5.41, 5.74) is -0.535. The first-order chi connectivity index (χ1) is 56.3. The molecule has 0 aromatic carbocycles. The molecule has 0 saturated heterocycles. The second kappa shape index (κ2) is 97.3. The average Bonchev–Trinajstić information content (AvgIpc) is 1.75. The number of carbonyl (C=O) groups is 10. The number of nitrogens with zero attached hydrogens (tertiary/aromatic N) is 6. The number of aromatic amines is 2. The van der Waals surface area contributed by atoms with Crippen LogP contribution in [0, 0.1) is 59.2 Å². The van der Waals surface area contributed by atoms with Crippen molar-refractivity contribution in [2.24, 2.45) is 59.2 Å². The fraction of sp³-hybridized carbons (Fsp3) is 0.852. The summed E-state index contributed by atoms with van der Waals surface area (Å²) < 4.78 is 191. The first kappa shape index (κ1) is 186. The number of imide groups is 2. The number of carbonyl (C=O) groups excluding carboxylic acids is 10. The Balaban J connectivity index is -0.0000000518. The largest absolute Gasteiger partial charge is 0.328 e. The Kier molecular flexibility index (Phi) is 132. The standard InChI is InChI=1S/C7H13NO2.C7H14O3S.C6H13NO3S.C6H13NO2S.C6H11NO2.C6H12O3S.C5H10N4.C5H11NO3S.C5H11NO2S.C4H8N4.C4H11O3P.C4H10O3S.C3H9O3P.C3H8O3S.10CH4/c1-5(2)4-7(10)8-6(3)9;1-6(2)4-11(9,10)5-7(3)8;1-5(2)4-6(8)7-11(3,9)10;1-5(2)4-6(8)7-10(3)9;1-4(2)6(9)7-5(3)8;1-5(2)10(8,9)4-6(3)7;1-4(2)3-5-6-8-9-7-5;1-4(2)5(7)6-10(3,8)9;1-4(2)5(7)6-9(3)8;1-3(2)4-5-7-8-6-4;2*1-4(2)3-8(5,6)7;2*1-3(2)7(4,5)6;;;;;;;;;;/h5H,4H2,1-3H3,(H,8,9,10);6H,4-5H2,1-3H3;5H,4H2,1-3H3,(H,7,8);5H,4H2,1-3H3,(H,7,8);4H,1-3H3,(H,7,8,9);5H,4H2,1-3H3;4H,3H2,1-2H3,(H,6,7,8,9);4H,1-3H3,(H,6,7);4H,1-3H3,(H,6,7);3H,1-2H3,(H,5,6,7,8);4H,3H2,1-2H3,(H2,5,6,7);4H,3H2,1-2H3,(H,5,6,7);3H,1-2H3,(H2,4,5,6);3H,1-2H3,(H,4,5,6);10*1H4. The van der Waals surface area contributed by atoms with E-state index in [2.05, 4.69) is 75.2 Å². The van der Waals surface area contributed by atoms with Crippen molar-refractivity contribution in [3.8, 4) is 0 Å². The van der Waals surface area contributed by atoms with E-state index in [1.165, 1.54) is 67.9 Å². The number of sulfone groups is 2. The molecule has 0 radical (unpaired) electrons. The molecule has 2 heterocycles. The van der Waals surface area contributed by atoms with E-state index in [9.17, 15) is 116 Å². The van der Waals surface area contributed by atoms with Crippen LogP contribution in [0.3, 0.4) is 0 Å². The zero-order valence-electron chi connectivity index (χ0n) is 80.6. The Morgan fingerprint density at radius 1 is 0.401 bits per heavy atom. The van der Waals surface area contributed by atoms with Crippen LogP contribution in [0.15, 0.2) is 0 Å². The zero-order valence-corrected chi connectivity index (χ0v) is 88.9. The van der Waals surface area contributed by atoms with Crippen molar-refractivity contribution in [3.63, 3.8) is 0 Å². The van der Waals surface area contributed by atoms with Crippen molar-refractivity contribution < 1.29 is 145 Å². The van der Waals surface area contributed by atoms with Crippen LogP contribution in [-0.4, -0.2) is 258 Å². The number of tetrazole rings is 2. The average molecular weight is 2190 g/mol. The highest BCUT2D eigenvalue weighted by atomic mass is 32.2. The van der Waals surface area contributed by atoms with Crippen LogP contribution >= 0.6 is 15.2 Å². The molecule has 0 aliphatic heterocycles. The van der Waals surface area contributed by atoms with Crippen molar-refractivity contribution in [2.75, 3.05) is 54.2 Å². The van der Waals surface area contributed by atoms with Gasteiger partial charge in [-0.25, -0.2) is 42.1 Å². The first-order valence-corrected chi connectivity index (χ1v) is 56.1. The lowest BCUT2D eigenvalue weighted by Crippen LogP contribution is -2.32. The molecule has 8 amide bonds. The van der Waals surface area contributed by atoms with Crippen LogP contribution in [0.5, 0.6) is 0 Å². The van der Waals surface area contributed by atoms with Crippen molar-refractivity contribution in [1.82, 2.24) is 70.8 Å². The van der Waals surface area contributed by atoms with Crippen molar-refractivity contribution in [2.45, 2.75) is 344 Å². The maximum Gasteiger partial charge on any atom is 0.328 e. The minimum atomic E-state index is -3.74. The second-order valence-electron chi connectivity index (χ2n) is 32.5. The Labute approximate surface area is 834 Å². The molecular formula is C81H194N14O32P2S8. The predicted molar refractivity (Wildman–Crippen MR) is 560 cm³/mol. The van der Waals surface area contributed by atoms with Crippen LogP contribution in [0.4, 0.5) is 0 Å². The smallest absolute Gasteiger partial charge is 0.324 e. The van der Waals surface area contributed by atoms with Gasteiger partial charge >= 0.3 is 15.2 Å². The molecule has 2 aromatic rings. The monoisotopic (exact) mass is 2190 g/mol. The van der Waals surface area contributed by atoms with E-state index in [-0.39, 0.29) is 198 Å². The van der Waals surface area contributed by atoms with Gasteiger partial charge in [-0.15, -0.1) is 20.4 Å². The van der Waals surface area contributed by atoms with Gasteiger partial charge in [0.25, 0.3) is 20.2 Å². The number of hydrogen-bond donors (Lipinski definition) is 14. The van der Waals surface area contributed by atoms with Crippen LogP contribution in [-0.2, 0) is 145 Å². The molecule has 2 rings (SSSR count). The SMILES string of the molecule is C.C.C.C.C.C.C.C.C.C.CC(=O)CS(=O)(=O)C(C)C.CC(=O)CS(=O)(=O)CC(C)C.CC(=O)NC(=O)C(C)C.CC(=O)NC(=O)CC(C)C.CC(C)C(=O)NS(C)(=O)=O.CC(C)C(=O)NS(C)=O.CC(C)CC(=O)NS(C)(=O)=O.CC(C)CC(=O)NS(C)=O.CC(C)CP(=O)(O)O.CC(C)CS(=O)(=O)O.CC(C)Cc1nn[nH]n1.CC(C)P(=O)(O)O.CC(C)S(=O)(=O)O.CC(C)c1nn[nH]n1. The van der Waals surface area contributed by atoms with E-state index >= 15 is 0 Å². The summed E-state index contributed by atoms with van der Waals surface area (Å²) >= 11 is 0. The van der Waals surface area contributed by atoms with Crippen LogP contribution < -0.4 is 29.5 Å². The summed E-state index contributed by atoms with van der Waals surface area (Å²) in [5.74, 6) is -0.473. The Bertz CT molecular complexity index is 4230. The number of hydrogen-bond acceptors (Lipinski definition) is 32. The Morgan fingerprint density at radius 2 is 0.723 bits per heavy atom. The van der Waals surface area contributed by atoms with Gasteiger partial charge in [-0.05, 0) is 83.0 Å². The molecule has 2 unspecified atom stereocenters. The number of aromatic nitrogens is 8. The molecule has 0 spiro atoms. The molecule has 838 valence electrons. The fourth-order valence-electron chi connectivity index (χ4n) is 5.96. The number of Topliss-reactive ketones (excluding diaryl/α,β-unsaturated/α-hetero) is 2. The summed E-state index contributed by atoms with van der Waals surface area (Å²) in [6.45, 7) is 54.7. The third kappa shape index (κ3) is 179. The number of ketones is 2. The number of rotatable bonds is 29. The van der Waals surface area contributed by atoms with E-state index in [1.807, 2.05) is 78.7 Å². The van der Waals surface area contributed by atoms with E-state index in [1.54, 1.807) is 83.1 Å². The first-order valence-electron chi connectivity index (χ1n) is 39.0. The molecule has 46 nitrogen and oxygen atoms in total. The third-order valence-electron chi connectivity index (χ3n) is 11.5. The van der Waals surface area contributed by atoms with Gasteiger partial charge in [-0.3, -0.25) is 95.7 Å². The van der Waals surface area contributed by atoms with Crippen LogP contribution in [0.2, 0.25) is 0 Å². The van der Waals surface area contributed by atoms with Crippen molar-refractivity contribution in [3.05, 3.63) is 11.6 Å². The number of amides is 8. The molecule has 0 fully saturated rings. The molecular weight excluding hydrogens is 2000 g/mol. The lowest BCUT2D eigenvalue weighted by Gasteiger charge is -2.04. The third-order valence-corrected chi connectivity index (χ3v) is 22.7. The fourth-order valence-corrected chi connectivity index (χ4v) is 12.4. The second-order valence-corrected chi connectivity index (χ2v) is 50.3. The summed E-state index contributed by atoms with van der Waals surface area (Å²) in [6.07, 6.45) is 6.78. The molecule has 2 aromatic heterocycles. The van der Waals surface area contributed by atoms with Gasteiger partial charge in [0, 0.05) is 75.7 Å². The molecule has 0 aliphatic carbocycles. The molecule has 0 bridgehead atoms. The van der Waals surface area contributed by atoms with Gasteiger partial charge in [0.1, 0.15) is 45.0 Å². The maximum atomic E-state index is 11.0. The molecule has 0 aliphatic rings. The molecule has 137 heavy (non-hydrogen) atoms. The predicted octanol–water partition coefficient (Wildman–Crippen LogP) is 11.7. The van der Waals surface area contributed by atoms with Gasteiger partial charge in [0.05, 0.1) is 46.3 Å². The number of H-pyrrole nitrogens is 2. The summed E-state index contributed by atoms with van der Waals surface area (Å²) in [4.78, 5) is 139. The summed E-state index contributed by atoms with van der Waals surface area (Å²) in [6, 6.07) is 0. The quantitative estimate of drug-likeness (QED) is 0.0266. The Morgan fingerprint density at radius 3 is 0.883 bits per heavy atom. The summed E-state index contributed by atoms with van der Waals surface area (Å²) in [5, 5.41) is 30.0. The van der Waals surface area contributed by atoms with Crippen molar-refractivity contribution in [1.29, 1.82) is 0 Å².